The summed E-state index contributed by atoms with van der Waals surface area (Å²) in [4.78, 5) is 12.2. The fourth-order valence-corrected chi connectivity index (χ4v) is 3.07. The third-order valence-corrected chi connectivity index (χ3v) is 4.52. The maximum Gasteiger partial charge on any atom is 0.253 e. The number of halogens is 3. The topological polar surface area (TPSA) is 29.1 Å². The van der Waals surface area contributed by atoms with Crippen molar-refractivity contribution in [1.82, 2.24) is 5.32 Å². The minimum absolute atomic E-state index is 0.0219. The summed E-state index contributed by atoms with van der Waals surface area (Å²) in [5.74, 6) is -0.154. The van der Waals surface area contributed by atoms with Gasteiger partial charge in [-0.25, -0.2) is 0 Å². The normalized spacial score (nSPS) is 23.7. The molecule has 0 spiro atoms. The van der Waals surface area contributed by atoms with Crippen molar-refractivity contribution in [2.75, 3.05) is 0 Å². The summed E-state index contributed by atoms with van der Waals surface area (Å²) in [6.45, 7) is 0. The predicted molar refractivity (Wildman–Crippen MR) is 78.5 cm³/mol. The van der Waals surface area contributed by atoms with Gasteiger partial charge < -0.3 is 5.32 Å². The largest absolute Gasteiger partial charge is 0.348 e. The van der Waals surface area contributed by atoms with Crippen LogP contribution in [0.4, 0.5) is 0 Å². The molecule has 2 rings (SSSR count). The van der Waals surface area contributed by atoms with Crippen molar-refractivity contribution in [3.63, 3.8) is 0 Å². The van der Waals surface area contributed by atoms with E-state index < -0.39 is 0 Å². The molecule has 0 aliphatic heterocycles. The van der Waals surface area contributed by atoms with Crippen LogP contribution in [0.2, 0.25) is 5.02 Å². The molecule has 1 saturated carbocycles. The van der Waals surface area contributed by atoms with Gasteiger partial charge in [0.2, 0.25) is 0 Å². The van der Waals surface area contributed by atoms with Crippen molar-refractivity contribution in [2.45, 2.75) is 37.1 Å². The Kier molecular flexibility index (Phi) is 4.93. The Morgan fingerprint density at radius 1 is 1.33 bits per heavy atom. The van der Waals surface area contributed by atoms with E-state index in [2.05, 4.69) is 21.2 Å². The molecule has 1 fully saturated rings. The lowest BCUT2D eigenvalue weighted by atomic mass is 9.94. The summed E-state index contributed by atoms with van der Waals surface area (Å²) < 4.78 is 0.836. The zero-order valence-corrected chi connectivity index (χ0v) is 12.9. The van der Waals surface area contributed by atoms with E-state index in [0.29, 0.717) is 10.6 Å². The lowest BCUT2D eigenvalue weighted by molar-refractivity contribution is 0.0929. The van der Waals surface area contributed by atoms with Gasteiger partial charge in [0.1, 0.15) is 0 Å². The van der Waals surface area contributed by atoms with Gasteiger partial charge in [-0.05, 0) is 31.0 Å². The first-order valence-electron chi connectivity index (χ1n) is 5.98. The lowest BCUT2D eigenvalue weighted by Gasteiger charge is -2.28. The van der Waals surface area contributed by atoms with Crippen molar-refractivity contribution in [1.29, 1.82) is 0 Å². The van der Waals surface area contributed by atoms with Gasteiger partial charge in [0.25, 0.3) is 5.91 Å². The Bertz CT molecular complexity index is 453. The van der Waals surface area contributed by atoms with Gasteiger partial charge in [0.05, 0.1) is 16.0 Å². The average molecular weight is 351 g/mol. The van der Waals surface area contributed by atoms with Gasteiger partial charge >= 0.3 is 0 Å². The first-order valence-corrected chi connectivity index (χ1v) is 7.58. The first-order chi connectivity index (χ1) is 8.58. The number of alkyl halides is 1. The van der Waals surface area contributed by atoms with E-state index in [4.69, 9.17) is 23.2 Å². The highest BCUT2D eigenvalue weighted by Crippen LogP contribution is 2.25. The number of hydrogen-bond donors (Lipinski definition) is 1. The van der Waals surface area contributed by atoms with E-state index in [1.807, 2.05) is 6.07 Å². The van der Waals surface area contributed by atoms with Gasteiger partial charge in [-0.3, -0.25) is 4.79 Å². The van der Waals surface area contributed by atoms with Crippen LogP contribution in [0.1, 0.15) is 36.0 Å². The van der Waals surface area contributed by atoms with Crippen molar-refractivity contribution < 1.29 is 4.79 Å². The van der Waals surface area contributed by atoms with Crippen molar-refractivity contribution in [2.24, 2.45) is 0 Å². The van der Waals surface area contributed by atoms with E-state index in [9.17, 15) is 4.79 Å². The summed E-state index contributed by atoms with van der Waals surface area (Å²) in [5, 5.41) is 3.45. The zero-order chi connectivity index (χ0) is 13.1. The average Bonchev–Trinajstić information content (AvgIpc) is 2.35. The molecule has 2 nitrogen and oxygen atoms in total. The number of amides is 1. The molecule has 2 atom stereocenters. The van der Waals surface area contributed by atoms with Crippen LogP contribution in [0.5, 0.6) is 0 Å². The lowest BCUT2D eigenvalue weighted by Crippen LogP contribution is -2.42. The van der Waals surface area contributed by atoms with E-state index in [1.54, 1.807) is 12.1 Å². The molecule has 1 N–H and O–H groups in total. The Labute approximate surface area is 125 Å². The van der Waals surface area contributed by atoms with Crippen molar-refractivity contribution in [3.05, 3.63) is 33.3 Å². The van der Waals surface area contributed by atoms with Gasteiger partial charge in [-0.1, -0.05) is 40.4 Å². The summed E-state index contributed by atoms with van der Waals surface area (Å²) in [7, 11) is 0. The molecular formula is C13H14BrCl2NO. The zero-order valence-electron chi connectivity index (χ0n) is 9.76. The van der Waals surface area contributed by atoms with Crippen LogP contribution in [-0.4, -0.2) is 17.3 Å². The molecule has 1 aliphatic rings. The van der Waals surface area contributed by atoms with Gasteiger partial charge in [0.15, 0.2) is 0 Å². The van der Waals surface area contributed by atoms with E-state index >= 15 is 0 Å². The SMILES string of the molecule is O=C(NC1CCCCC1Cl)c1cc(Br)ccc1Cl. The number of hydrogen-bond acceptors (Lipinski definition) is 1. The summed E-state index contributed by atoms with van der Waals surface area (Å²) in [6, 6.07) is 5.29. The fourth-order valence-electron chi connectivity index (χ4n) is 2.17. The fraction of sp³-hybridized carbons (Fsp3) is 0.462. The van der Waals surface area contributed by atoms with Crippen LogP contribution in [0.15, 0.2) is 22.7 Å². The molecule has 1 aromatic carbocycles. The highest BCUT2D eigenvalue weighted by atomic mass is 79.9. The number of carbonyl (C=O) groups excluding carboxylic acids is 1. The third-order valence-electron chi connectivity index (χ3n) is 3.17. The second-order valence-corrected chi connectivity index (χ2v) is 6.39. The molecule has 0 radical (unpaired) electrons. The smallest absolute Gasteiger partial charge is 0.253 e. The second-order valence-electron chi connectivity index (χ2n) is 4.50. The van der Waals surface area contributed by atoms with Gasteiger partial charge in [-0.15, -0.1) is 11.6 Å². The third kappa shape index (κ3) is 3.40. The van der Waals surface area contributed by atoms with Crippen LogP contribution in [-0.2, 0) is 0 Å². The Morgan fingerprint density at radius 3 is 2.78 bits per heavy atom. The molecule has 0 heterocycles. The van der Waals surface area contributed by atoms with E-state index in [0.717, 1.165) is 30.2 Å². The van der Waals surface area contributed by atoms with E-state index in [-0.39, 0.29) is 17.3 Å². The highest BCUT2D eigenvalue weighted by Gasteiger charge is 2.25. The molecule has 1 amide bonds. The number of rotatable bonds is 2. The summed E-state index contributed by atoms with van der Waals surface area (Å²) >= 11 is 15.6. The van der Waals surface area contributed by atoms with Crippen LogP contribution < -0.4 is 5.32 Å². The standard InChI is InChI=1S/C13H14BrCl2NO/c14-8-5-6-10(15)9(7-8)13(18)17-12-4-2-1-3-11(12)16/h5-7,11-12H,1-4H2,(H,17,18). The molecule has 0 aromatic heterocycles. The second kappa shape index (κ2) is 6.27. The monoisotopic (exact) mass is 349 g/mol. The number of nitrogens with one attached hydrogen (secondary N) is 1. The highest BCUT2D eigenvalue weighted by molar-refractivity contribution is 9.10. The van der Waals surface area contributed by atoms with Crippen LogP contribution in [0.25, 0.3) is 0 Å². The Hall–Kier alpha value is -0.250. The molecule has 1 aromatic rings. The minimum atomic E-state index is -0.154. The van der Waals surface area contributed by atoms with Crippen molar-refractivity contribution >= 4 is 45.0 Å². The maximum absolute atomic E-state index is 12.2. The molecular weight excluding hydrogens is 337 g/mol. The number of benzene rings is 1. The predicted octanol–water partition coefficient (Wildman–Crippen LogP) is 4.38. The summed E-state index contributed by atoms with van der Waals surface area (Å²) in [6.07, 6.45) is 4.14. The number of carbonyl (C=O) groups is 1. The molecule has 0 saturated heterocycles. The minimum Gasteiger partial charge on any atom is -0.348 e. The molecule has 2 unspecified atom stereocenters. The maximum atomic E-state index is 12.2. The van der Waals surface area contributed by atoms with Gasteiger partial charge in [0, 0.05) is 10.5 Å². The van der Waals surface area contributed by atoms with Crippen molar-refractivity contribution in [3.8, 4) is 0 Å². The van der Waals surface area contributed by atoms with Gasteiger partial charge in [-0.2, -0.15) is 0 Å². The first kappa shape index (κ1) is 14.2. The summed E-state index contributed by atoms with van der Waals surface area (Å²) in [5.41, 5.74) is 0.487. The van der Waals surface area contributed by atoms with E-state index in [1.165, 1.54) is 0 Å². The molecule has 1 aliphatic carbocycles. The van der Waals surface area contributed by atoms with Crippen LogP contribution in [0, 0.1) is 0 Å². The molecule has 5 heteroatoms. The van der Waals surface area contributed by atoms with Crippen LogP contribution >= 0.6 is 39.1 Å². The quantitative estimate of drug-likeness (QED) is 0.788. The molecule has 18 heavy (non-hydrogen) atoms. The Morgan fingerprint density at radius 2 is 2.06 bits per heavy atom. The Balaban J connectivity index is 2.09. The molecule has 0 bridgehead atoms. The molecule has 98 valence electrons. The van der Waals surface area contributed by atoms with Crippen LogP contribution in [0.3, 0.4) is 0 Å².